The molecule has 1 heterocycles. The minimum absolute atomic E-state index is 0.0510. The maximum absolute atomic E-state index is 12.3. The van der Waals surface area contributed by atoms with Gasteiger partial charge in [0.05, 0.1) is 16.1 Å². The van der Waals surface area contributed by atoms with Crippen molar-refractivity contribution in [3.63, 3.8) is 0 Å². The highest BCUT2D eigenvalue weighted by atomic mass is 35.5. The maximum Gasteiger partial charge on any atom is 0.263 e. The number of fused-ring (bicyclic) bond motifs is 1. The van der Waals surface area contributed by atoms with Crippen LogP contribution in [0.15, 0.2) is 42.5 Å². The van der Waals surface area contributed by atoms with Crippen LogP contribution in [0.2, 0.25) is 10.0 Å². The average molecular weight is 393 g/mol. The summed E-state index contributed by atoms with van der Waals surface area (Å²) >= 11 is 11.8. The lowest BCUT2D eigenvalue weighted by atomic mass is 10.1. The quantitative estimate of drug-likeness (QED) is 0.766. The molecule has 0 unspecified atom stereocenters. The molecule has 0 saturated carbocycles. The maximum atomic E-state index is 12.3. The van der Waals surface area contributed by atoms with Gasteiger partial charge in [0.1, 0.15) is 5.75 Å². The van der Waals surface area contributed by atoms with Crippen LogP contribution in [-0.2, 0) is 4.79 Å². The molecular weight excluding hydrogens is 379 g/mol. The van der Waals surface area contributed by atoms with Crippen LogP contribution >= 0.6 is 23.2 Å². The SMILES string of the molecule is O=C(COc1ccc(Cl)cc1)NCCN1C(=O)c2cccc(Cl)c2C1=O. The molecule has 3 amide bonds. The van der Waals surface area contributed by atoms with Gasteiger partial charge in [-0.15, -0.1) is 0 Å². The molecule has 2 aromatic carbocycles. The number of hydrogen-bond acceptors (Lipinski definition) is 4. The number of carbonyl (C=O) groups is 3. The molecule has 3 rings (SSSR count). The standard InChI is InChI=1S/C18H14Cl2N2O4/c19-11-4-6-12(7-5-11)26-10-15(23)21-8-9-22-17(24)13-2-1-3-14(20)16(13)18(22)25/h1-7H,8-10H2,(H,21,23). The molecule has 134 valence electrons. The van der Waals surface area contributed by atoms with Crippen molar-refractivity contribution in [3.8, 4) is 5.75 Å². The number of nitrogens with zero attached hydrogens (tertiary/aromatic N) is 1. The largest absolute Gasteiger partial charge is 0.484 e. The van der Waals surface area contributed by atoms with Gasteiger partial charge in [0.15, 0.2) is 6.61 Å². The summed E-state index contributed by atoms with van der Waals surface area (Å²) in [7, 11) is 0. The summed E-state index contributed by atoms with van der Waals surface area (Å²) in [6.07, 6.45) is 0. The van der Waals surface area contributed by atoms with Gasteiger partial charge in [0.2, 0.25) is 0 Å². The fourth-order valence-corrected chi connectivity index (χ4v) is 2.91. The summed E-state index contributed by atoms with van der Waals surface area (Å²) in [5.74, 6) is -0.726. The Bertz CT molecular complexity index is 868. The second kappa shape index (κ2) is 7.76. The predicted molar refractivity (Wildman–Crippen MR) is 96.8 cm³/mol. The first kappa shape index (κ1) is 18.2. The first-order valence-electron chi connectivity index (χ1n) is 7.77. The summed E-state index contributed by atoms with van der Waals surface area (Å²) in [5.41, 5.74) is 0.483. The summed E-state index contributed by atoms with van der Waals surface area (Å²) in [6, 6.07) is 11.3. The van der Waals surface area contributed by atoms with Gasteiger partial charge in [-0.3, -0.25) is 19.3 Å². The first-order chi connectivity index (χ1) is 12.5. The number of nitrogens with one attached hydrogen (secondary N) is 1. The van der Waals surface area contributed by atoms with Crippen LogP contribution in [0.3, 0.4) is 0 Å². The second-order valence-electron chi connectivity index (χ2n) is 5.52. The molecule has 0 bridgehead atoms. The number of hydrogen-bond donors (Lipinski definition) is 1. The van der Waals surface area contributed by atoms with E-state index in [-0.39, 0.29) is 41.8 Å². The van der Waals surface area contributed by atoms with E-state index in [9.17, 15) is 14.4 Å². The van der Waals surface area contributed by atoms with Crippen molar-refractivity contribution in [2.24, 2.45) is 0 Å². The van der Waals surface area contributed by atoms with Crippen LogP contribution in [0, 0.1) is 0 Å². The van der Waals surface area contributed by atoms with E-state index in [4.69, 9.17) is 27.9 Å². The molecule has 1 N–H and O–H groups in total. The predicted octanol–water partition coefficient (Wildman–Crippen LogP) is 2.78. The monoisotopic (exact) mass is 392 g/mol. The highest BCUT2D eigenvalue weighted by molar-refractivity contribution is 6.37. The van der Waals surface area contributed by atoms with Crippen LogP contribution < -0.4 is 10.1 Å². The molecule has 26 heavy (non-hydrogen) atoms. The van der Waals surface area contributed by atoms with Crippen molar-refractivity contribution in [1.29, 1.82) is 0 Å². The molecule has 0 radical (unpaired) electrons. The van der Waals surface area contributed by atoms with E-state index in [1.165, 1.54) is 0 Å². The van der Waals surface area contributed by atoms with Crippen molar-refractivity contribution in [1.82, 2.24) is 10.2 Å². The Morgan fingerprint density at radius 3 is 2.46 bits per heavy atom. The topological polar surface area (TPSA) is 75.7 Å². The zero-order valence-corrected chi connectivity index (χ0v) is 15.0. The number of rotatable bonds is 6. The lowest BCUT2D eigenvalue weighted by molar-refractivity contribution is -0.123. The molecule has 6 nitrogen and oxygen atoms in total. The van der Waals surface area contributed by atoms with Crippen molar-refractivity contribution < 1.29 is 19.1 Å². The molecule has 0 aromatic heterocycles. The Kier molecular flexibility index (Phi) is 5.44. The Labute approximate surface area is 159 Å². The molecular formula is C18H14Cl2N2O4. The number of amides is 3. The van der Waals surface area contributed by atoms with Gasteiger partial charge >= 0.3 is 0 Å². The average Bonchev–Trinajstić information content (AvgIpc) is 2.87. The highest BCUT2D eigenvalue weighted by Gasteiger charge is 2.36. The minimum atomic E-state index is -0.456. The third-order valence-electron chi connectivity index (χ3n) is 3.79. The normalized spacial score (nSPS) is 12.9. The Balaban J connectivity index is 1.48. The molecule has 1 aliphatic rings. The highest BCUT2D eigenvalue weighted by Crippen LogP contribution is 2.28. The van der Waals surface area contributed by atoms with Crippen LogP contribution in [0.5, 0.6) is 5.75 Å². The molecule has 0 spiro atoms. The molecule has 2 aromatic rings. The number of halogens is 2. The molecule has 0 fully saturated rings. The van der Waals surface area contributed by atoms with Gasteiger partial charge in [-0.05, 0) is 36.4 Å². The van der Waals surface area contributed by atoms with E-state index in [1.54, 1.807) is 42.5 Å². The zero-order chi connectivity index (χ0) is 18.7. The van der Waals surface area contributed by atoms with Crippen LogP contribution in [0.25, 0.3) is 0 Å². The zero-order valence-electron chi connectivity index (χ0n) is 13.5. The Morgan fingerprint density at radius 1 is 1.04 bits per heavy atom. The summed E-state index contributed by atoms with van der Waals surface area (Å²) in [6.45, 7) is -0.0170. The Morgan fingerprint density at radius 2 is 1.77 bits per heavy atom. The van der Waals surface area contributed by atoms with Gasteiger partial charge in [-0.1, -0.05) is 29.3 Å². The number of ether oxygens (including phenoxy) is 1. The van der Waals surface area contributed by atoms with Crippen molar-refractivity contribution in [2.75, 3.05) is 19.7 Å². The number of carbonyl (C=O) groups excluding carboxylic acids is 3. The summed E-state index contributed by atoms with van der Waals surface area (Å²) in [5, 5.41) is 3.42. The second-order valence-corrected chi connectivity index (χ2v) is 6.36. The third-order valence-corrected chi connectivity index (χ3v) is 4.36. The number of benzene rings is 2. The smallest absolute Gasteiger partial charge is 0.263 e. The summed E-state index contributed by atoms with van der Waals surface area (Å²) in [4.78, 5) is 37.5. The van der Waals surface area contributed by atoms with Crippen molar-refractivity contribution >= 4 is 40.9 Å². The number of imide groups is 1. The first-order valence-corrected chi connectivity index (χ1v) is 8.52. The Hall–Kier alpha value is -2.57. The molecule has 8 heteroatoms. The van der Waals surface area contributed by atoms with Gasteiger partial charge in [-0.25, -0.2) is 0 Å². The third kappa shape index (κ3) is 3.81. The van der Waals surface area contributed by atoms with E-state index >= 15 is 0 Å². The lowest BCUT2D eigenvalue weighted by Crippen LogP contribution is -2.39. The van der Waals surface area contributed by atoms with Crippen LogP contribution in [-0.4, -0.2) is 42.3 Å². The summed E-state index contributed by atoms with van der Waals surface area (Å²) < 4.78 is 5.32. The minimum Gasteiger partial charge on any atom is -0.484 e. The van der Waals surface area contributed by atoms with Crippen molar-refractivity contribution in [2.45, 2.75) is 0 Å². The van der Waals surface area contributed by atoms with E-state index in [1.807, 2.05) is 0 Å². The van der Waals surface area contributed by atoms with Gasteiger partial charge in [0, 0.05) is 18.1 Å². The fraction of sp³-hybridized carbons (Fsp3) is 0.167. The van der Waals surface area contributed by atoms with Crippen molar-refractivity contribution in [3.05, 3.63) is 63.6 Å². The van der Waals surface area contributed by atoms with E-state index in [0.717, 1.165) is 4.90 Å². The molecule has 0 atom stereocenters. The van der Waals surface area contributed by atoms with E-state index < -0.39 is 11.8 Å². The van der Waals surface area contributed by atoms with Gasteiger partial charge in [0.25, 0.3) is 17.7 Å². The molecule has 0 aliphatic carbocycles. The fourth-order valence-electron chi connectivity index (χ4n) is 2.53. The van der Waals surface area contributed by atoms with Crippen LogP contribution in [0.4, 0.5) is 0 Å². The molecule has 1 aliphatic heterocycles. The van der Waals surface area contributed by atoms with Gasteiger partial charge in [-0.2, -0.15) is 0 Å². The van der Waals surface area contributed by atoms with E-state index in [2.05, 4.69) is 5.32 Å². The molecule has 0 saturated heterocycles. The van der Waals surface area contributed by atoms with E-state index in [0.29, 0.717) is 10.8 Å². The van der Waals surface area contributed by atoms with Gasteiger partial charge < -0.3 is 10.1 Å². The van der Waals surface area contributed by atoms with Crippen LogP contribution in [0.1, 0.15) is 20.7 Å². The lowest BCUT2D eigenvalue weighted by Gasteiger charge is -2.14.